The van der Waals surface area contributed by atoms with Crippen molar-refractivity contribution in [2.24, 2.45) is 0 Å². The molecule has 0 aromatic carbocycles. The third-order valence-corrected chi connectivity index (χ3v) is 4.41. The number of likely N-dealkylation sites (N-methyl/N-ethyl adjacent to an activating group) is 1. The number of halogens is 1. The average molecular weight is 316 g/mol. The van der Waals surface area contributed by atoms with E-state index in [0.717, 1.165) is 35.6 Å². The van der Waals surface area contributed by atoms with Crippen molar-refractivity contribution in [3.8, 4) is 0 Å². The molecule has 0 bridgehead atoms. The average Bonchev–Trinajstić information content (AvgIpc) is 2.32. The van der Waals surface area contributed by atoms with Crippen molar-refractivity contribution in [1.29, 1.82) is 0 Å². The molecule has 0 spiro atoms. The highest BCUT2D eigenvalue weighted by Gasteiger charge is 2.20. The van der Waals surface area contributed by atoms with Crippen LogP contribution >= 0.6 is 15.9 Å². The van der Waals surface area contributed by atoms with Crippen molar-refractivity contribution < 1.29 is 4.74 Å². The lowest BCUT2D eigenvalue weighted by atomic mass is 10.2. The maximum absolute atomic E-state index is 11.9. The van der Waals surface area contributed by atoms with E-state index in [-0.39, 0.29) is 11.8 Å². The molecule has 0 N–H and O–H groups in total. The van der Waals surface area contributed by atoms with Gasteiger partial charge in [0.1, 0.15) is 0 Å². The standard InChI is InChI=1S/C12H18BrN3O2/c1-8-11(13)9(2)16(12(17)14-8)7-10-6-15(3)4-5-18-10/h10H,4-7H2,1-3H3. The Labute approximate surface area is 115 Å². The number of morpholine rings is 1. The maximum Gasteiger partial charge on any atom is 0.348 e. The summed E-state index contributed by atoms with van der Waals surface area (Å²) in [6.07, 6.45) is 0.0524. The van der Waals surface area contributed by atoms with Crippen molar-refractivity contribution >= 4 is 15.9 Å². The zero-order chi connectivity index (χ0) is 13.3. The lowest BCUT2D eigenvalue weighted by molar-refractivity contribution is -0.0283. The van der Waals surface area contributed by atoms with Gasteiger partial charge in [-0.3, -0.25) is 4.57 Å². The molecule has 0 saturated carbocycles. The fourth-order valence-electron chi connectivity index (χ4n) is 2.17. The van der Waals surface area contributed by atoms with E-state index >= 15 is 0 Å². The summed E-state index contributed by atoms with van der Waals surface area (Å²) in [7, 11) is 2.06. The topological polar surface area (TPSA) is 47.4 Å². The number of hydrogen-bond donors (Lipinski definition) is 0. The number of rotatable bonds is 2. The van der Waals surface area contributed by atoms with Crippen LogP contribution in [0.1, 0.15) is 11.4 Å². The fraction of sp³-hybridized carbons (Fsp3) is 0.667. The van der Waals surface area contributed by atoms with E-state index in [2.05, 4.69) is 32.9 Å². The molecule has 1 fully saturated rings. The van der Waals surface area contributed by atoms with Gasteiger partial charge in [-0.25, -0.2) is 4.79 Å². The number of aromatic nitrogens is 2. The van der Waals surface area contributed by atoms with Gasteiger partial charge in [-0.1, -0.05) is 0 Å². The number of hydrogen-bond acceptors (Lipinski definition) is 4. The second kappa shape index (κ2) is 5.50. The zero-order valence-corrected chi connectivity index (χ0v) is 12.5. The van der Waals surface area contributed by atoms with Crippen molar-refractivity contribution in [2.75, 3.05) is 26.7 Å². The fourth-order valence-corrected chi connectivity index (χ4v) is 2.48. The summed E-state index contributed by atoms with van der Waals surface area (Å²) >= 11 is 3.47. The molecule has 1 unspecified atom stereocenters. The van der Waals surface area contributed by atoms with E-state index < -0.39 is 0 Å². The molecule has 1 aliphatic heterocycles. The van der Waals surface area contributed by atoms with Crippen LogP contribution < -0.4 is 5.69 Å². The van der Waals surface area contributed by atoms with Gasteiger partial charge in [0.15, 0.2) is 0 Å². The highest BCUT2D eigenvalue weighted by molar-refractivity contribution is 9.10. The first-order valence-corrected chi connectivity index (χ1v) is 6.82. The zero-order valence-electron chi connectivity index (χ0n) is 10.9. The molecular weight excluding hydrogens is 298 g/mol. The molecule has 1 aromatic heterocycles. The summed E-state index contributed by atoms with van der Waals surface area (Å²) in [5.74, 6) is 0. The molecule has 1 atom stereocenters. The van der Waals surface area contributed by atoms with Crippen molar-refractivity contribution in [3.05, 3.63) is 26.3 Å². The monoisotopic (exact) mass is 315 g/mol. The van der Waals surface area contributed by atoms with E-state index in [1.165, 1.54) is 0 Å². The predicted molar refractivity (Wildman–Crippen MR) is 72.9 cm³/mol. The van der Waals surface area contributed by atoms with Gasteiger partial charge < -0.3 is 9.64 Å². The van der Waals surface area contributed by atoms with Crippen LogP contribution in [0.2, 0.25) is 0 Å². The molecule has 0 amide bonds. The van der Waals surface area contributed by atoms with Crippen LogP contribution in [0.15, 0.2) is 9.27 Å². The molecule has 0 aliphatic carbocycles. The summed E-state index contributed by atoms with van der Waals surface area (Å²) in [5.41, 5.74) is 1.43. The first-order valence-electron chi connectivity index (χ1n) is 6.02. The first kappa shape index (κ1) is 13.7. The molecule has 1 aliphatic rings. The molecule has 5 nitrogen and oxygen atoms in total. The Morgan fingerprint density at radius 1 is 1.50 bits per heavy atom. The van der Waals surface area contributed by atoms with Gasteiger partial charge in [0, 0.05) is 18.8 Å². The van der Waals surface area contributed by atoms with Crippen molar-refractivity contribution in [2.45, 2.75) is 26.5 Å². The molecule has 1 aromatic rings. The van der Waals surface area contributed by atoms with E-state index in [1.807, 2.05) is 13.8 Å². The third-order valence-electron chi connectivity index (χ3n) is 3.26. The normalized spacial score (nSPS) is 21.2. The van der Waals surface area contributed by atoms with E-state index in [4.69, 9.17) is 4.74 Å². The Morgan fingerprint density at radius 3 is 2.89 bits per heavy atom. The quantitative estimate of drug-likeness (QED) is 0.815. The largest absolute Gasteiger partial charge is 0.374 e. The lowest BCUT2D eigenvalue weighted by Gasteiger charge is -2.30. The van der Waals surface area contributed by atoms with E-state index in [9.17, 15) is 4.79 Å². The van der Waals surface area contributed by atoms with Crippen LogP contribution in [0.3, 0.4) is 0 Å². The summed E-state index contributed by atoms with van der Waals surface area (Å²) in [6, 6.07) is 0. The molecule has 2 rings (SSSR count). The van der Waals surface area contributed by atoms with Gasteiger partial charge >= 0.3 is 5.69 Å². The van der Waals surface area contributed by atoms with Crippen LogP contribution in [-0.4, -0.2) is 47.3 Å². The maximum atomic E-state index is 11.9. The Balaban J connectivity index is 2.24. The van der Waals surface area contributed by atoms with Crippen LogP contribution in [0.25, 0.3) is 0 Å². The minimum Gasteiger partial charge on any atom is -0.374 e. The van der Waals surface area contributed by atoms with Gasteiger partial charge in [-0.15, -0.1) is 0 Å². The van der Waals surface area contributed by atoms with Crippen molar-refractivity contribution in [1.82, 2.24) is 14.5 Å². The second-order valence-corrected chi connectivity index (χ2v) is 5.54. The Kier molecular flexibility index (Phi) is 4.19. The summed E-state index contributed by atoms with van der Waals surface area (Å²) in [4.78, 5) is 18.2. The molecular formula is C12H18BrN3O2. The molecule has 0 radical (unpaired) electrons. The minimum atomic E-state index is -0.204. The Morgan fingerprint density at radius 2 is 2.22 bits per heavy atom. The van der Waals surface area contributed by atoms with Gasteiger partial charge in [0.2, 0.25) is 0 Å². The molecule has 18 heavy (non-hydrogen) atoms. The van der Waals surface area contributed by atoms with Crippen LogP contribution in [0.4, 0.5) is 0 Å². The Bertz CT molecular complexity index is 501. The molecule has 6 heteroatoms. The predicted octanol–water partition coefficient (Wildman–Crippen LogP) is 0.953. The highest BCUT2D eigenvalue weighted by Crippen LogP contribution is 2.17. The summed E-state index contributed by atoms with van der Waals surface area (Å²) in [6.45, 7) is 6.81. The van der Waals surface area contributed by atoms with E-state index in [0.29, 0.717) is 6.54 Å². The smallest absolute Gasteiger partial charge is 0.348 e. The first-order chi connectivity index (χ1) is 8.49. The second-order valence-electron chi connectivity index (χ2n) is 4.74. The third kappa shape index (κ3) is 2.81. The number of aryl methyl sites for hydroxylation is 1. The summed E-state index contributed by atoms with van der Waals surface area (Å²) < 4.78 is 8.26. The lowest BCUT2D eigenvalue weighted by Crippen LogP contribution is -2.44. The van der Waals surface area contributed by atoms with E-state index in [1.54, 1.807) is 4.57 Å². The number of ether oxygens (including phenoxy) is 1. The van der Waals surface area contributed by atoms with Gasteiger partial charge in [0.05, 0.1) is 29.4 Å². The van der Waals surface area contributed by atoms with Crippen LogP contribution in [-0.2, 0) is 11.3 Å². The highest BCUT2D eigenvalue weighted by atomic mass is 79.9. The van der Waals surface area contributed by atoms with Gasteiger partial charge in [0.25, 0.3) is 0 Å². The molecule has 2 heterocycles. The Hall–Kier alpha value is -0.720. The van der Waals surface area contributed by atoms with Crippen LogP contribution in [0.5, 0.6) is 0 Å². The summed E-state index contributed by atoms with van der Waals surface area (Å²) in [5, 5.41) is 0. The van der Waals surface area contributed by atoms with Gasteiger partial charge in [-0.2, -0.15) is 4.98 Å². The van der Waals surface area contributed by atoms with Crippen molar-refractivity contribution in [3.63, 3.8) is 0 Å². The molecule has 100 valence electrons. The van der Waals surface area contributed by atoms with Crippen LogP contribution in [0, 0.1) is 13.8 Å². The minimum absolute atomic E-state index is 0.0524. The van der Waals surface area contributed by atoms with Gasteiger partial charge in [-0.05, 0) is 36.8 Å². The molecule has 1 saturated heterocycles. The number of nitrogens with zero attached hydrogens (tertiary/aromatic N) is 3. The SMILES string of the molecule is Cc1nc(=O)n(CC2CN(C)CCO2)c(C)c1Br.